The summed E-state index contributed by atoms with van der Waals surface area (Å²) in [4.78, 5) is 12.1. The Bertz CT molecular complexity index is 669. The summed E-state index contributed by atoms with van der Waals surface area (Å²) in [5, 5.41) is 22.4. The highest BCUT2D eigenvalue weighted by atomic mass is 16.3. The number of fused-ring (bicyclic) bond motifs is 1. The SMILES string of the molecule is O=C(Cc1cccc(O)c1)N[C@@H]1c2ccccc2C[C@@H]1O. The van der Waals surface area contributed by atoms with Gasteiger partial charge in [-0.15, -0.1) is 0 Å². The normalized spacial score (nSPS) is 20.0. The molecule has 4 nitrogen and oxygen atoms in total. The Hall–Kier alpha value is -2.33. The molecular formula is C17H17NO3. The maximum atomic E-state index is 12.1. The number of benzene rings is 2. The average Bonchev–Trinajstić information content (AvgIpc) is 2.75. The van der Waals surface area contributed by atoms with E-state index in [4.69, 9.17) is 0 Å². The number of hydrogen-bond acceptors (Lipinski definition) is 3. The number of rotatable bonds is 3. The Morgan fingerprint density at radius 1 is 1.19 bits per heavy atom. The summed E-state index contributed by atoms with van der Waals surface area (Å²) in [7, 11) is 0. The van der Waals surface area contributed by atoms with Crippen molar-refractivity contribution in [3.05, 3.63) is 65.2 Å². The minimum Gasteiger partial charge on any atom is -0.508 e. The first-order valence-electron chi connectivity index (χ1n) is 6.96. The van der Waals surface area contributed by atoms with Crippen LogP contribution in [0.1, 0.15) is 22.7 Å². The Morgan fingerprint density at radius 3 is 2.81 bits per heavy atom. The highest BCUT2D eigenvalue weighted by molar-refractivity contribution is 5.79. The molecular weight excluding hydrogens is 266 g/mol. The largest absolute Gasteiger partial charge is 0.508 e. The molecule has 0 saturated carbocycles. The third-order valence-electron chi connectivity index (χ3n) is 3.80. The standard InChI is InChI=1S/C17H17NO3/c19-13-6-3-4-11(8-13)9-16(21)18-17-14-7-2-1-5-12(14)10-15(17)20/h1-8,15,17,19-20H,9-10H2,(H,18,21)/t15-,17+/m0/s1. The molecule has 0 unspecified atom stereocenters. The molecule has 0 spiro atoms. The zero-order chi connectivity index (χ0) is 14.8. The van der Waals surface area contributed by atoms with Gasteiger partial charge in [0.2, 0.25) is 5.91 Å². The molecule has 1 amide bonds. The molecule has 0 aliphatic heterocycles. The van der Waals surface area contributed by atoms with Crippen LogP contribution < -0.4 is 5.32 Å². The molecule has 2 atom stereocenters. The summed E-state index contributed by atoms with van der Waals surface area (Å²) in [6, 6.07) is 14.0. The number of phenolic OH excluding ortho intramolecular Hbond substituents is 1. The second-order valence-corrected chi connectivity index (χ2v) is 5.36. The zero-order valence-electron chi connectivity index (χ0n) is 11.5. The number of carbonyl (C=O) groups is 1. The van der Waals surface area contributed by atoms with Crippen molar-refractivity contribution < 1.29 is 15.0 Å². The lowest BCUT2D eigenvalue weighted by Gasteiger charge is -2.18. The number of amides is 1. The summed E-state index contributed by atoms with van der Waals surface area (Å²) < 4.78 is 0. The van der Waals surface area contributed by atoms with Gasteiger partial charge in [-0.1, -0.05) is 36.4 Å². The predicted molar refractivity (Wildman–Crippen MR) is 78.8 cm³/mol. The van der Waals surface area contributed by atoms with Crippen molar-refractivity contribution in [3.8, 4) is 5.75 Å². The molecule has 0 bridgehead atoms. The lowest BCUT2D eigenvalue weighted by atomic mass is 10.1. The summed E-state index contributed by atoms with van der Waals surface area (Å²) in [5.41, 5.74) is 2.80. The monoisotopic (exact) mass is 283 g/mol. The minimum atomic E-state index is -0.587. The number of aromatic hydroxyl groups is 1. The molecule has 1 aliphatic rings. The van der Waals surface area contributed by atoms with Crippen LogP contribution in [0.15, 0.2) is 48.5 Å². The zero-order valence-corrected chi connectivity index (χ0v) is 11.5. The van der Waals surface area contributed by atoms with Crippen LogP contribution in [0.3, 0.4) is 0 Å². The second-order valence-electron chi connectivity index (χ2n) is 5.36. The van der Waals surface area contributed by atoms with Crippen LogP contribution in [0.4, 0.5) is 0 Å². The van der Waals surface area contributed by atoms with Crippen LogP contribution in [-0.2, 0) is 17.6 Å². The fraction of sp³-hybridized carbons (Fsp3) is 0.235. The van der Waals surface area contributed by atoms with Gasteiger partial charge in [-0.25, -0.2) is 0 Å². The molecule has 3 N–H and O–H groups in total. The number of aliphatic hydroxyl groups is 1. The number of phenols is 1. The summed E-state index contributed by atoms with van der Waals surface area (Å²) >= 11 is 0. The topological polar surface area (TPSA) is 69.6 Å². The van der Waals surface area contributed by atoms with Crippen LogP contribution in [0.5, 0.6) is 5.75 Å². The van der Waals surface area contributed by atoms with Gasteiger partial charge in [-0.05, 0) is 28.8 Å². The van der Waals surface area contributed by atoms with E-state index in [1.807, 2.05) is 24.3 Å². The van der Waals surface area contributed by atoms with E-state index < -0.39 is 6.10 Å². The first-order chi connectivity index (χ1) is 10.1. The molecule has 21 heavy (non-hydrogen) atoms. The molecule has 2 aromatic rings. The van der Waals surface area contributed by atoms with Crippen LogP contribution >= 0.6 is 0 Å². The van der Waals surface area contributed by atoms with E-state index in [0.29, 0.717) is 6.42 Å². The molecule has 0 radical (unpaired) electrons. The summed E-state index contributed by atoms with van der Waals surface area (Å²) in [5.74, 6) is -0.0205. The smallest absolute Gasteiger partial charge is 0.224 e. The summed E-state index contributed by atoms with van der Waals surface area (Å²) in [6.45, 7) is 0. The van der Waals surface area contributed by atoms with Gasteiger partial charge in [0, 0.05) is 6.42 Å². The molecule has 0 saturated heterocycles. The van der Waals surface area contributed by atoms with Gasteiger partial charge >= 0.3 is 0 Å². The van der Waals surface area contributed by atoms with Gasteiger partial charge in [0.05, 0.1) is 18.6 Å². The van der Waals surface area contributed by atoms with Crippen molar-refractivity contribution in [2.24, 2.45) is 0 Å². The first-order valence-corrected chi connectivity index (χ1v) is 6.96. The molecule has 0 heterocycles. The van der Waals surface area contributed by atoms with Gasteiger partial charge in [0.1, 0.15) is 5.75 Å². The van der Waals surface area contributed by atoms with E-state index in [-0.39, 0.29) is 24.1 Å². The fourth-order valence-electron chi connectivity index (χ4n) is 2.82. The highest BCUT2D eigenvalue weighted by Crippen LogP contribution is 2.31. The number of nitrogens with one attached hydrogen (secondary N) is 1. The van der Waals surface area contributed by atoms with Crippen molar-refractivity contribution in [1.29, 1.82) is 0 Å². The number of aliphatic hydroxyl groups excluding tert-OH is 1. The van der Waals surface area contributed by atoms with E-state index >= 15 is 0 Å². The van der Waals surface area contributed by atoms with Gasteiger partial charge in [0.25, 0.3) is 0 Å². The quantitative estimate of drug-likeness (QED) is 0.803. The van der Waals surface area contributed by atoms with E-state index in [2.05, 4.69) is 5.32 Å². The molecule has 108 valence electrons. The maximum absolute atomic E-state index is 12.1. The minimum absolute atomic E-state index is 0.145. The van der Waals surface area contributed by atoms with Crippen LogP contribution in [0.2, 0.25) is 0 Å². The Labute approximate surface area is 123 Å². The van der Waals surface area contributed by atoms with Crippen molar-refractivity contribution in [1.82, 2.24) is 5.32 Å². The number of hydrogen-bond donors (Lipinski definition) is 3. The lowest BCUT2D eigenvalue weighted by molar-refractivity contribution is -0.121. The molecule has 2 aromatic carbocycles. The van der Waals surface area contributed by atoms with E-state index in [0.717, 1.165) is 16.7 Å². The van der Waals surface area contributed by atoms with Crippen LogP contribution in [-0.4, -0.2) is 22.2 Å². The molecule has 0 aromatic heterocycles. The third-order valence-corrected chi connectivity index (χ3v) is 3.80. The van der Waals surface area contributed by atoms with Crippen molar-refractivity contribution in [3.63, 3.8) is 0 Å². The summed E-state index contributed by atoms with van der Waals surface area (Å²) in [6.07, 6.45) is 0.156. The molecule has 0 fully saturated rings. The fourth-order valence-corrected chi connectivity index (χ4v) is 2.82. The van der Waals surface area contributed by atoms with Gasteiger partial charge < -0.3 is 15.5 Å². The second kappa shape index (κ2) is 5.58. The maximum Gasteiger partial charge on any atom is 0.224 e. The third kappa shape index (κ3) is 2.90. The van der Waals surface area contributed by atoms with Crippen molar-refractivity contribution in [2.45, 2.75) is 25.0 Å². The first kappa shape index (κ1) is 13.6. The molecule has 1 aliphatic carbocycles. The van der Waals surface area contributed by atoms with Crippen LogP contribution in [0, 0.1) is 0 Å². The Kier molecular flexibility index (Phi) is 3.62. The Balaban J connectivity index is 1.70. The van der Waals surface area contributed by atoms with E-state index in [1.54, 1.807) is 24.3 Å². The molecule has 4 heteroatoms. The Morgan fingerprint density at radius 2 is 2.00 bits per heavy atom. The van der Waals surface area contributed by atoms with Gasteiger partial charge in [-0.2, -0.15) is 0 Å². The van der Waals surface area contributed by atoms with Crippen molar-refractivity contribution >= 4 is 5.91 Å². The highest BCUT2D eigenvalue weighted by Gasteiger charge is 2.31. The van der Waals surface area contributed by atoms with E-state index in [1.165, 1.54) is 0 Å². The number of carbonyl (C=O) groups excluding carboxylic acids is 1. The molecule has 3 rings (SSSR count). The predicted octanol–water partition coefficient (Wildman–Crippen LogP) is 1.71. The lowest BCUT2D eigenvalue weighted by Crippen LogP contribution is -2.34. The average molecular weight is 283 g/mol. The van der Waals surface area contributed by atoms with Gasteiger partial charge in [0.15, 0.2) is 0 Å². The van der Waals surface area contributed by atoms with E-state index in [9.17, 15) is 15.0 Å². The van der Waals surface area contributed by atoms with Gasteiger partial charge in [-0.3, -0.25) is 4.79 Å². The van der Waals surface area contributed by atoms with Crippen molar-refractivity contribution in [2.75, 3.05) is 0 Å². The van der Waals surface area contributed by atoms with Crippen LogP contribution in [0.25, 0.3) is 0 Å².